The fraction of sp³-hybridized carbons (Fsp3) is 0.250. The molecule has 0 radical (unpaired) electrons. The van der Waals surface area contributed by atoms with Gasteiger partial charge in [-0.1, -0.05) is 23.2 Å². The number of nitrogens with zero attached hydrogens (tertiary/aromatic N) is 2. The van der Waals surface area contributed by atoms with Gasteiger partial charge < -0.3 is 19.4 Å². The number of amides is 1. The van der Waals surface area contributed by atoms with E-state index in [2.05, 4.69) is 9.97 Å². The highest BCUT2D eigenvalue weighted by molar-refractivity contribution is 6.32. The first-order valence-electron chi connectivity index (χ1n) is 9.03. The van der Waals surface area contributed by atoms with Gasteiger partial charge in [0, 0.05) is 17.1 Å². The van der Waals surface area contributed by atoms with E-state index in [-0.39, 0.29) is 18.0 Å². The number of aromatic nitrogens is 2. The summed E-state index contributed by atoms with van der Waals surface area (Å²) in [6.07, 6.45) is 0. The van der Waals surface area contributed by atoms with Gasteiger partial charge >= 0.3 is 0 Å². The molecule has 1 aromatic heterocycles. The molecule has 0 fully saturated rings. The van der Waals surface area contributed by atoms with Crippen LogP contribution in [0.1, 0.15) is 23.1 Å². The Morgan fingerprint density at radius 3 is 2.79 bits per heavy atom. The van der Waals surface area contributed by atoms with E-state index in [1.165, 1.54) is 0 Å². The first kappa shape index (κ1) is 19.5. The summed E-state index contributed by atoms with van der Waals surface area (Å²) in [6, 6.07) is 8.04. The summed E-state index contributed by atoms with van der Waals surface area (Å²) in [5, 5.41) is 1.23. The molecule has 0 saturated heterocycles. The van der Waals surface area contributed by atoms with Crippen molar-refractivity contribution in [2.45, 2.75) is 13.5 Å². The average molecular weight is 434 g/mol. The third kappa shape index (κ3) is 3.88. The number of rotatable bonds is 4. The molecule has 0 bridgehead atoms. The van der Waals surface area contributed by atoms with Gasteiger partial charge in [0.1, 0.15) is 19.0 Å². The monoisotopic (exact) mass is 433 g/mol. The van der Waals surface area contributed by atoms with Crippen molar-refractivity contribution in [1.29, 1.82) is 0 Å². The summed E-state index contributed by atoms with van der Waals surface area (Å²) < 4.78 is 11.0. The highest BCUT2D eigenvalue weighted by atomic mass is 35.5. The van der Waals surface area contributed by atoms with E-state index in [4.69, 9.17) is 32.7 Å². The summed E-state index contributed by atoms with van der Waals surface area (Å²) >= 11 is 12.3. The largest absolute Gasteiger partial charge is 0.486 e. The number of halogens is 2. The standard InChI is InChI=1S/C20H17Cl2N3O4/c1-2-25(10-17-23-15-9-12(21)3-4-13(15)19(26)24-17)20(27)11-7-14(22)18-16(8-11)28-5-6-29-18/h3-4,7-9H,2,5-6,10H2,1H3,(H,23,24,26). The SMILES string of the molecule is CCN(Cc1nc2cc(Cl)ccc2c(=O)[nH]1)C(=O)c1cc(Cl)c2c(c1)OCCO2. The molecule has 0 unspecified atom stereocenters. The van der Waals surface area contributed by atoms with Crippen LogP contribution in [-0.2, 0) is 6.54 Å². The molecule has 7 nitrogen and oxygen atoms in total. The van der Waals surface area contributed by atoms with E-state index >= 15 is 0 Å². The van der Waals surface area contributed by atoms with Crippen LogP contribution >= 0.6 is 23.2 Å². The number of carbonyl (C=O) groups excluding carboxylic acids is 1. The fourth-order valence-corrected chi connectivity index (χ4v) is 3.59. The van der Waals surface area contributed by atoms with Crippen LogP contribution in [0.5, 0.6) is 11.5 Å². The molecule has 0 saturated carbocycles. The fourth-order valence-electron chi connectivity index (χ4n) is 3.16. The van der Waals surface area contributed by atoms with Crippen LogP contribution in [0.4, 0.5) is 0 Å². The van der Waals surface area contributed by atoms with E-state index in [1.807, 2.05) is 6.92 Å². The lowest BCUT2D eigenvalue weighted by atomic mass is 10.1. The normalized spacial score (nSPS) is 12.8. The number of ether oxygens (including phenoxy) is 2. The number of carbonyl (C=O) groups is 1. The van der Waals surface area contributed by atoms with E-state index in [1.54, 1.807) is 35.2 Å². The van der Waals surface area contributed by atoms with Crippen LogP contribution in [0.2, 0.25) is 10.0 Å². The van der Waals surface area contributed by atoms with Gasteiger partial charge in [-0.3, -0.25) is 9.59 Å². The maximum atomic E-state index is 13.1. The van der Waals surface area contributed by atoms with Crippen molar-refractivity contribution in [1.82, 2.24) is 14.9 Å². The molecule has 1 N–H and O–H groups in total. The van der Waals surface area contributed by atoms with Crippen molar-refractivity contribution < 1.29 is 14.3 Å². The molecular formula is C20H17Cl2N3O4. The Morgan fingerprint density at radius 2 is 2.00 bits per heavy atom. The average Bonchev–Trinajstić information content (AvgIpc) is 2.71. The van der Waals surface area contributed by atoms with Gasteiger partial charge in [-0.2, -0.15) is 0 Å². The van der Waals surface area contributed by atoms with Gasteiger partial charge in [0.2, 0.25) is 0 Å². The Bertz CT molecular complexity index is 1160. The van der Waals surface area contributed by atoms with Gasteiger partial charge in [0.05, 0.1) is 22.5 Å². The molecule has 9 heteroatoms. The summed E-state index contributed by atoms with van der Waals surface area (Å²) in [7, 11) is 0. The van der Waals surface area contributed by atoms with Crippen molar-refractivity contribution in [3.8, 4) is 11.5 Å². The zero-order valence-electron chi connectivity index (χ0n) is 15.5. The van der Waals surface area contributed by atoms with Crippen LogP contribution in [-0.4, -0.2) is 40.5 Å². The molecule has 1 aliphatic heterocycles. The Balaban J connectivity index is 1.64. The lowest BCUT2D eigenvalue weighted by molar-refractivity contribution is 0.0747. The van der Waals surface area contributed by atoms with Crippen molar-refractivity contribution in [3.05, 3.63) is 62.1 Å². The summed E-state index contributed by atoms with van der Waals surface area (Å²) in [4.78, 5) is 34.1. The number of hydrogen-bond acceptors (Lipinski definition) is 5. The zero-order valence-corrected chi connectivity index (χ0v) is 17.0. The molecule has 2 aromatic carbocycles. The molecule has 0 aliphatic carbocycles. The Kier molecular flexibility index (Phi) is 5.34. The van der Waals surface area contributed by atoms with Gasteiger partial charge in [0.15, 0.2) is 11.5 Å². The lowest BCUT2D eigenvalue weighted by Gasteiger charge is -2.23. The quantitative estimate of drug-likeness (QED) is 0.678. The first-order valence-corrected chi connectivity index (χ1v) is 9.78. The predicted molar refractivity (Wildman–Crippen MR) is 110 cm³/mol. The second-order valence-corrected chi connectivity index (χ2v) is 7.32. The Labute approximate surface area is 176 Å². The van der Waals surface area contributed by atoms with Crippen LogP contribution < -0.4 is 15.0 Å². The molecule has 1 aliphatic rings. The van der Waals surface area contributed by atoms with Gasteiger partial charge in [-0.25, -0.2) is 4.98 Å². The third-order valence-electron chi connectivity index (χ3n) is 4.57. The molecular weight excluding hydrogens is 417 g/mol. The Hall–Kier alpha value is -2.77. The molecule has 4 rings (SSSR count). The maximum Gasteiger partial charge on any atom is 0.258 e. The van der Waals surface area contributed by atoms with Crippen LogP contribution in [0, 0.1) is 0 Å². The van der Waals surface area contributed by atoms with Crippen LogP contribution in [0.3, 0.4) is 0 Å². The molecule has 150 valence electrons. The minimum atomic E-state index is -0.285. The maximum absolute atomic E-state index is 13.1. The van der Waals surface area contributed by atoms with E-state index in [0.29, 0.717) is 63.6 Å². The summed E-state index contributed by atoms with van der Waals surface area (Å²) in [6.45, 7) is 3.17. The molecule has 0 spiro atoms. The topological polar surface area (TPSA) is 84.5 Å². The van der Waals surface area contributed by atoms with Crippen molar-refractivity contribution in [2.24, 2.45) is 0 Å². The van der Waals surface area contributed by atoms with E-state index < -0.39 is 0 Å². The molecule has 29 heavy (non-hydrogen) atoms. The highest BCUT2D eigenvalue weighted by Crippen LogP contribution is 2.38. The molecule has 3 aromatic rings. The minimum Gasteiger partial charge on any atom is -0.486 e. The highest BCUT2D eigenvalue weighted by Gasteiger charge is 2.22. The van der Waals surface area contributed by atoms with E-state index in [9.17, 15) is 9.59 Å². The number of H-pyrrole nitrogens is 1. The predicted octanol–water partition coefficient (Wildman–Crippen LogP) is 3.66. The van der Waals surface area contributed by atoms with E-state index in [0.717, 1.165) is 0 Å². The number of nitrogens with one attached hydrogen (secondary N) is 1. The Morgan fingerprint density at radius 1 is 1.21 bits per heavy atom. The molecule has 1 amide bonds. The van der Waals surface area contributed by atoms with Gasteiger partial charge in [-0.15, -0.1) is 0 Å². The first-order chi connectivity index (χ1) is 14.0. The van der Waals surface area contributed by atoms with Crippen molar-refractivity contribution in [2.75, 3.05) is 19.8 Å². The minimum absolute atomic E-state index is 0.124. The smallest absolute Gasteiger partial charge is 0.258 e. The number of benzene rings is 2. The van der Waals surface area contributed by atoms with Crippen molar-refractivity contribution >= 4 is 40.0 Å². The zero-order chi connectivity index (χ0) is 20.5. The summed E-state index contributed by atoms with van der Waals surface area (Å²) in [5.41, 5.74) is 0.557. The lowest BCUT2D eigenvalue weighted by Crippen LogP contribution is -2.32. The summed E-state index contributed by atoms with van der Waals surface area (Å²) in [5.74, 6) is 0.980. The van der Waals surface area contributed by atoms with Crippen molar-refractivity contribution in [3.63, 3.8) is 0 Å². The number of aromatic amines is 1. The van der Waals surface area contributed by atoms with Gasteiger partial charge in [0.25, 0.3) is 11.5 Å². The molecule has 0 atom stereocenters. The van der Waals surface area contributed by atoms with Gasteiger partial charge in [-0.05, 0) is 37.3 Å². The second-order valence-electron chi connectivity index (χ2n) is 6.48. The van der Waals surface area contributed by atoms with Crippen LogP contribution in [0.15, 0.2) is 35.1 Å². The number of fused-ring (bicyclic) bond motifs is 2. The molecule has 2 heterocycles. The second kappa shape index (κ2) is 7.93. The number of hydrogen-bond donors (Lipinski definition) is 1. The van der Waals surface area contributed by atoms with Crippen LogP contribution in [0.25, 0.3) is 10.9 Å². The third-order valence-corrected chi connectivity index (χ3v) is 5.09.